The van der Waals surface area contributed by atoms with Crippen molar-refractivity contribution in [1.29, 1.82) is 0 Å². The molecule has 0 saturated carbocycles. The molecule has 0 aromatic carbocycles. The predicted octanol–water partition coefficient (Wildman–Crippen LogP) is 2.00. The molecule has 108 valence electrons. The number of carboxylic acid groups (broad SMARTS) is 1. The molecule has 19 heavy (non-hydrogen) atoms. The van der Waals surface area contributed by atoms with Gasteiger partial charge < -0.3 is 9.63 Å². The Balaban J connectivity index is 2.59. The van der Waals surface area contributed by atoms with E-state index in [-0.39, 0.29) is 0 Å². The van der Waals surface area contributed by atoms with Gasteiger partial charge in [0, 0.05) is 6.42 Å². The Hall–Kier alpha value is -1.43. The second-order valence-corrected chi connectivity index (χ2v) is 5.44. The summed E-state index contributed by atoms with van der Waals surface area (Å²) in [5.41, 5.74) is -0.951. The molecule has 1 rings (SSSR count). The van der Waals surface area contributed by atoms with Crippen LogP contribution in [0.3, 0.4) is 0 Å². The lowest BCUT2D eigenvalue weighted by Crippen LogP contribution is -2.49. The smallest absolute Gasteiger partial charge is 0.323 e. The number of carboxylic acids is 1. The molecular formula is C13H23N3O3. The molecule has 0 radical (unpaired) electrons. The Labute approximate surface area is 113 Å². The van der Waals surface area contributed by atoms with Crippen molar-refractivity contribution in [3.05, 3.63) is 11.7 Å². The van der Waals surface area contributed by atoms with E-state index in [1.54, 1.807) is 6.92 Å². The molecule has 0 fully saturated rings. The average Bonchev–Trinajstić information content (AvgIpc) is 2.73. The van der Waals surface area contributed by atoms with Crippen LogP contribution in [0.2, 0.25) is 0 Å². The van der Waals surface area contributed by atoms with E-state index in [0.29, 0.717) is 30.6 Å². The highest BCUT2D eigenvalue weighted by Crippen LogP contribution is 2.13. The van der Waals surface area contributed by atoms with Gasteiger partial charge in [0.05, 0.1) is 6.54 Å². The summed E-state index contributed by atoms with van der Waals surface area (Å²) < 4.78 is 5.11. The first-order valence-electron chi connectivity index (χ1n) is 6.67. The molecule has 2 N–H and O–H groups in total. The molecule has 0 saturated heterocycles. The molecule has 1 aromatic rings. The molecule has 1 unspecified atom stereocenters. The number of carbonyl (C=O) groups is 1. The van der Waals surface area contributed by atoms with Crippen LogP contribution in [0.1, 0.15) is 52.3 Å². The summed E-state index contributed by atoms with van der Waals surface area (Å²) in [4.78, 5) is 15.5. The topological polar surface area (TPSA) is 88.3 Å². The molecule has 6 heteroatoms. The van der Waals surface area contributed by atoms with Crippen molar-refractivity contribution >= 4 is 5.97 Å². The Morgan fingerprint density at radius 3 is 2.74 bits per heavy atom. The number of hydrogen-bond donors (Lipinski definition) is 2. The molecule has 0 aliphatic heterocycles. The highest BCUT2D eigenvalue weighted by atomic mass is 16.5. The van der Waals surface area contributed by atoms with E-state index in [1.165, 1.54) is 0 Å². The SMILES string of the molecule is CCCC(C)(NCc1noc(CC(C)C)n1)C(=O)O. The van der Waals surface area contributed by atoms with Gasteiger partial charge in [-0.1, -0.05) is 32.3 Å². The maximum Gasteiger partial charge on any atom is 0.323 e. The molecule has 0 aliphatic carbocycles. The Morgan fingerprint density at radius 1 is 1.53 bits per heavy atom. The fraction of sp³-hybridized carbons (Fsp3) is 0.769. The van der Waals surface area contributed by atoms with Crippen molar-refractivity contribution in [3.8, 4) is 0 Å². The van der Waals surface area contributed by atoms with Crippen LogP contribution < -0.4 is 5.32 Å². The van der Waals surface area contributed by atoms with Gasteiger partial charge in [-0.05, 0) is 19.3 Å². The van der Waals surface area contributed by atoms with Crippen molar-refractivity contribution < 1.29 is 14.4 Å². The fourth-order valence-corrected chi connectivity index (χ4v) is 1.84. The summed E-state index contributed by atoms with van der Waals surface area (Å²) >= 11 is 0. The lowest BCUT2D eigenvalue weighted by atomic mass is 9.96. The van der Waals surface area contributed by atoms with Crippen molar-refractivity contribution in [3.63, 3.8) is 0 Å². The van der Waals surface area contributed by atoms with Gasteiger partial charge in [0.2, 0.25) is 5.89 Å². The van der Waals surface area contributed by atoms with Crippen molar-refractivity contribution in [2.24, 2.45) is 5.92 Å². The standard InChI is InChI=1S/C13H23N3O3/c1-5-6-13(4,12(17)18)14-8-10-15-11(19-16-10)7-9(2)3/h9,14H,5-8H2,1-4H3,(H,17,18). The monoisotopic (exact) mass is 269 g/mol. The highest BCUT2D eigenvalue weighted by Gasteiger charge is 2.31. The van der Waals surface area contributed by atoms with E-state index >= 15 is 0 Å². The van der Waals surface area contributed by atoms with Gasteiger partial charge in [0.1, 0.15) is 5.54 Å². The maximum atomic E-state index is 11.3. The summed E-state index contributed by atoms with van der Waals surface area (Å²) in [5.74, 6) is 0.685. The zero-order chi connectivity index (χ0) is 14.5. The van der Waals surface area contributed by atoms with Gasteiger partial charge in [-0.25, -0.2) is 0 Å². The van der Waals surface area contributed by atoms with Gasteiger partial charge in [0.15, 0.2) is 5.82 Å². The van der Waals surface area contributed by atoms with Gasteiger partial charge in [-0.2, -0.15) is 4.98 Å². The third-order valence-corrected chi connectivity index (χ3v) is 2.95. The Morgan fingerprint density at radius 2 is 2.21 bits per heavy atom. The third kappa shape index (κ3) is 4.63. The van der Waals surface area contributed by atoms with Crippen LogP contribution in [-0.4, -0.2) is 26.8 Å². The second kappa shape index (κ2) is 6.65. The fourth-order valence-electron chi connectivity index (χ4n) is 1.84. The van der Waals surface area contributed by atoms with Crippen molar-refractivity contribution in [1.82, 2.24) is 15.5 Å². The van der Waals surface area contributed by atoms with E-state index in [0.717, 1.165) is 12.8 Å². The maximum absolute atomic E-state index is 11.3. The summed E-state index contributed by atoms with van der Waals surface area (Å²) in [5, 5.41) is 16.1. The van der Waals surface area contributed by atoms with E-state index in [4.69, 9.17) is 4.52 Å². The van der Waals surface area contributed by atoms with Crippen molar-refractivity contribution in [2.45, 2.75) is 59.0 Å². The molecule has 6 nitrogen and oxygen atoms in total. The number of hydrogen-bond acceptors (Lipinski definition) is 5. The number of nitrogens with zero attached hydrogens (tertiary/aromatic N) is 2. The summed E-state index contributed by atoms with van der Waals surface area (Å²) in [6, 6.07) is 0. The molecule has 1 aromatic heterocycles. The van der Waals surface area contributed by atoms with Crippen LogP contribution >= 0.6 is 0 Å². The van der Waals surface area contributed by atoms with Gasteiger partial charge >= 0.3 is 5.97 Å². The summed E-state index contributed by atoms with van der Waals surface area (Å²) in [6.45, 7) is 8.08. The Bertz CT molecular complexity index is 417. The zero-order valence-electron chi connectivity index (χ0n) is 12.1. The van der Waals surface area contributed by atoms with E-state index in [2.05, 4.69) is 29.3 Å². The molecule has 1 heterocycles. The number of nitrogens with one attached hydrogen (secondary N) is 1. The van der Waals surface area contributed by atoms with Crippen LogP contribution in [0, 0.1) is 5.92 Å². The third-order valence-electron chi connectivity index (χ3n) is 2.95. The van der Waals surface area contributed by atoms with E-state index < -0.39 is 11.5 Å². The van der Waals surface area contributed by atoms with Gasteiger partial charge in [0.25, 0.3) is 0 Å². The van der Waals surface area contributed by atoms with E-state index in [9.17, 15) is 9.90 Å². The molecule has 0 bridgehead atoms. The first kappa shape index (κ1) is 15.6. The highest BCUT2D eigenvalue weighted by molar-refractivity contribution is 5.78. The molecule has 0 amide bonds. The minimum Gasteiger partial charge on any atom is -0.480 e. The van der Waals surface area contributed by atoms with E-state index in [1.807, 2.05) is 6.92 Å². The van der Waals surface area contributed by atoms with Crippen LogP contribution in [0.25, 0.3) is 0 Å². The van der Waals surface area contributed by atoms with Gasteiger partial charge in [-0.3, -0.25) is 10.1 Å². The predicted molar refractivity (Wildman–Crippen MR) is 70.6 cm³/mol. The molecule has 1 atom stereocenters. The first-order valence-corrected chi connectivity index (χ1v) is 6.67. The lowest BCUT2D eigenvalue weighted by Gasteiger charge is -2.24. The minimum absolute atomic E-state index is 0.296. The van der Waals surface area contributed by atoms with Crippen LogP contribution in [0.15, 0.2) is 4.52 Å². The van der Waals surface area contributed by atoms with Crippen molar-refractivity contribution in [2.75, 3.05) is 0 Å². The summed E-state index contributed by atoms with van der Waals surface area (Å²) in [7, 11) is 0. The average molecular weight is 269 g/mol. The summed E-state index contributed by atoms with van der Waals surface area (Å²) in [6.07, 6.45) is 2.08. The van der Waals surface area contributed by atoms with Gasteiger partial charge in [-0.15, -0.1) is 0 Å². The van der Waals surface area contributed by atoms with Crippen LogP contribution in [0.4, 0.5) is 0 Å². The minimum atomic E-state index is -0.951. The quantitative estimate of drug-likeness (QED) is 0.750. The Kier molecular flexibility index (Phi) is 5.47. The number of rotatable bonds is 8. The zero-order valence-corrected chi connectivity index (χ0v) is 12.1. The number of aromatic nitrogens is 2. The first-order chi connectivity index (χ1) is 8.87. The normalized spacial score (nSPS) is 14.6. The van der Waals surface area contributed by atoms with Crippen LogP contribution in [-0.2, 0) is 17.8 Å². The molecular weight excluding hydrogens is 246 g/mol. The second-order valence-electron chi connectivity index (χ2n) is 5.44. The molecule has 0 aliphatic rings. The number of aliphatic carboxylic acids is 1. The lowest BCUT2D eigenvalue weighted by molar-refractivity contribution is -0.144. The molecule has 0 spiro atoms. The van der Waals surface area contributed by atoms with Crippen LogP contribution in [0.5, 0.6) is 0 Å². The largest absolute Gasteiger partial charge is 0.480 e.